The maximum atomic E-state index is 11.7. The molecule has 0 aliphatic heterocycles. The number of rotatable bonds is 6. The number of ether oxygens (including phenoxy) is 1. The smallest absolute Gasteiger partial charge is 0.309 e. The zero-order chi connectivity index (χ0) is 15.4. The molecule has 1 fully saturated rings. The molecule has 0 spiro atoms. The lowest BCUT2D eigenvalue weighted by Crippen LogP contribution is -2.21. The molecule has 1 aromatic rings. The first-order valence-electron chi connectivity index (χ1n) is 7.57. The van der Waals surface area contributed by atoms with Crippen molar-refractivity contribution in [1.29, 1.82) is 0 Å². The molecule has 1 saturated carbocycles. The maximum Gasteiger partial charge on any atom is 0.309 e. The van der Waals surface area contributed by atoms with E-state index >= 15 is 0 Å². The molecular weight excluding hydrogens is 266 g/mol. The summed E-state index contributed by atoms with van der Waals surface area (Å²) in [6, 6.07) is 7.79. The third-order valence-electron chi connectivity index (χ3n) is 4.13. The van der Waals surface area contributed by atoms with Gasteiger partial charge in [-0.25, -0.2) is 0 Å². The van der Waals surface area contributed by atoms with Crippen molar-refractivity contribution in [2.45, 2.75) is 39.5 Å². The van der Waals surface area contributed by atoms with E-state index in [1.807, 2.05) is 31.2 Å². The number of esters is 1. The number of carbonyl (C=O) groups excluding carboxylic acids is 2. The lowest BCUT2D eigenvalue weighted by Gasteiger charge is -2.10. The van der Waals surface area contributed by atoms with Crippen molar-refractivity contribution in [3.63, 3.8) is 0 Å². The molecular formula is C17H23NO3. The number of anilines is 1. The van der Waals surface area contributed by atoms with E-state index in [4.69, 9.17) is 4.74 Å². The highest BCUT2D eigenvalue weighted by Gasteiger charge is 2.40. The molecule has 1 amide bonds. The van der Waals surface area contributed by atoms with Crippen LogP contribution in [0.5, 0.6) is 0 Å². The van der Waals surface area contributed by atoms with Crippen LogP contribution < -0.4 is 5.32 Å². The highest BCUT2D eigenvalue weighted by molar-refractivity contribution is 5.93. The second kappa shape index (κ2) is 6.74. The van der Waals surface area contributed by atoms with Gasteiger partial charge in [0.1, 0.15) is 0 Å². The second-order valence-electron chi connectivity index (χ2n) is 5.91. The van der Waals surface area contributed by atoms with E-state index < -0.39 is 0 Å². The van der Waals surface area contributed by atoms with E-state index in [0.717, 1.165) is 18.5 Å². The molecule has 0 unspecified atom stereocenters. The first kappa shape index (κ1) is 15.5. The molecule has 1 N–H and O–H groups in total. The number of hydrogen-bond donors (Lipinski definition) is 1. The highest BCUT2D eigenvalue weighted by atomic mass is 16.5. The van der Waals surface area contributed by atoms with Crippen molar-refractivity contribution in [1.82, 2.24) is 0 Å². The summed E-state index contributed by atoms with van der Waals surface area (Å²) in [4.78, 5) is 23.3. The minimum Gasteiger partial charge on any atom is -0.455 e. The number of hydrogen-bond acceptors (Lipinski definition) is 3. The Morgan fingerprint density at radius 2 is 1.95 bits per heavy atom. The van der Waals surface area contributed by atoms with E-state index in [-0.39, 0.29) is 24.4 Å². The van der Waals surface area contributed by atoms with Crippen molar-refractivity contribution < 1.29 is 14.3 Å². The van der Waals surface area contributed by atoms with Gasteiger partial charge in [-0.3, -0.25) is 9.59 Å². The molecule has 3 atom stereocenters. The van der Waals surface area contributed by atoms with Crippen molar-refractivity contribution >= 4 is 17.6 Å². The molecule has 0 heterocycles. The average molecular weight is 289 g/mol. The van der Waals surface area contributed by atoms with Gasteiger partial charge < -0.3 is 10.1 Å². The maximum absolute atomic E-state index is 11.7. The molecule has 114 valence electrons. The third kappa shape index (κ3) is 4.31. The quantitative estimate of drug-likeness (QED) is 0.817. The van der Waals surface area contributed by atoms with Crippen molar-refractivity contribution in [3.8, 4) is 0 Å². The number of benzene rings is 1. The van der Waals surface area contributed by atoms with Gasteiger partial charge in [0.2, 0.25) is 0 Å². The Morgan fingerprint density at radius 3 is 2.48 bits per heavy atom. The van der Waals surface area contributed by atoms with E-state index in [1.54, 1.807) is 0 Å². The van der Waals surface area contributed by atoms with E-state index in [2.05, 4.69) is 19.2 Å². The molecule has 1 aromatic carbocycles. The Labute approximate surface area is 125 Å². The van der Waals surface area contributed by atoms with Crippen LogP contribution in [0, 0.1) is 11.8 Å². The van der Waals surface area contributed by atoms with Gasteiger partial charge in [-0.2, -0.15) is 0 Å². The van der Waals surface area contributed by atoms with Gasteiger partial charge in [0.15, 0.2) is 6.61 Å². The summed E-state index contributed by atoms with van der Waals surface area (Å²) < 4.78 is 5.00. The largest absolute Gasteiger partial charge is 0.455 e. The molecule has 0 bridgehead atoms. The summed E-state index contributed by atoms with van der Waals surface area (Å²) in [6.07, 6.45) is 1.96. The second-order valence-corrected chi connectivity index (χ2v) is 5.91. The van der Waals surface area contributed by atoms with Crippen LogP contribution in [0.4, 0.5) is 5.69 Å². The van der Waals surface area contributed by atoms with Gasteiger partial charge in [0.25, 0.3) is 5.91 Å². The number of nitrogens with one attached hydrogen (secondary N) is 1. The lowest BCUT2D eigenvalue weighted by molar-refractivity contribution is -0.148. The summed E-state index contributed by atoms with van der Waals surface area (Å²) in [5.74, 6) is 0.343. The minimum atomic E-state index is -0.298. The Kier molecular flexibility index (Phi) is 4.99. The van der Waals surface area contributed by atoms with Gasteiger partial charge in [-0.05, 0) is 42.4 Å². The standard InChI is InChI=1S/C17H23NO3/c1-4-11(2)13-5-7-14(8-6-13)18-16(19)10-21-17(20)15-9-12(15)3/h5-8,11-12,15H,4,9-10H2,1-3H3,(H,18,19)/t11-,12-,15+/m0/s1. The van der Waals surface area contributed by atoms with E-state index in [0.29, 0.717) is 11.8 Å². The predicted molar refractivity (Wildman–Crippen MR) is 82.0 cm³/mol. The van der Waals surface area contributed by atoms with Crippen LogP contribution in [0.1, 0.15) is 45.1 Å². The zero-order valence-corrected chi connectivity index (χ0v) is 12.9. The molecule has 1 aliphatic rings. The summed E-state index contributed by atoms with van der Waals surface area (Å²) in [6.45, 7) is 6.11. The van der Waals surface area contributed by atoms with Crippen LogP contribution in [-0.2, 0) is 14.3 Å². The predicted octanol–water partition coefficient (Wildman–Crippen LogP) is 3.34. The molecule has 1 aliphatic carbocycles. The first-order chi connectivity index (χ1) is 10.0. The monoisotopic (exact) mass is 289 g/mol. The number of carbonyl (C=O) groups is 2. The van der Waals surface area contributed by atoms with Gasteiger partial charge >= 0.3 is 5.97 Å². The van der Waals surface area contributed by atoms with Crippen LogP contribution in [0.3, 0.4) is 0 Å². The summed E-state index contributed by atoms with van der Waals surface area (Å²) in [5, 5.41) is 2.74. The molecule has 0 saturated heterocycles. The first-order valence-corrected chi connectivity index (χ1v) is 7.57. The van der Waals surface area contributed by atoms with Crippen LogP contribution in [-0.4, -0.2) is 18.5 Å². The summed E-state index contributed by atoms with van der Waals surface area (Å²) >= 11 is 0. The van der Waals surface area contributed by atoms with Gasteiger partial charge in [-0.15, -0.1) is 0 Å². The highest BCUT2D eigenvalue weighted by Crippen LogP contribution is 2.38. The van der Waals surface area contributed by atoms with Crippen molar-refractivity contribution in [3.05, 3.63) is 29.8 Å². The molecule has 0 radical (unpaired) electrons. The molecule has 4 heteroatoms. The van der Waals surface area contributed by atoms with Gasteiger partial charge in [0.05, 0.1) is 5.92 Å². The molecule has 4 nitrogen and oxygen atoms in total. The van der Waals surface area contributed by atoms with Crippen molar-refractivity contribution in [2.24, 2.45) is 11.8 Å². The Hall–Kier alpha value is -1.84. The Bertz CT molecular complexity index is 509. The SMILES string of the molecule is CC[C@H](C)c1ccc(NC(=O)COC(=O)[C@@H]2C[C@@H]2C)cc1. The number of amides is 1. The topological polar surface area (TPSA) is 55.4 Å². The Morgan fingerprint density at radius 1 is 1.33 bits per heavy atom. The zero-order valence-electron chi connectivity index (χ0n) is 12.9. The van der Waals surface area contributed by atoms with Crippen LogP contribution in [0.25, 0.3) is 0 Å². The normalized spacial score (nSPS) is 21.5. The molecule has 0 aromatic heterocycles. The summed E-state index contributed by atoms with van der Waals surface area (Å²) in [7, 11) is 0. The lowest BCUT2D eigenvalue weighted by atomic mass is 9.99. The van der Waals surface area contributed by atoms with Crippen LogP contribution in [0.2, 0.25) is 0 Å². The fraction of sp³-hybridized carbons (Fsp3) is 0.529. The Balaban J connectivity index is 1.78. The van der Waals surface area contributed by atoms with Crippen LogP contribution in [0.15, 0.2) is 24.3 Å². The van der Waals surface area contributed by atoms with E-state index in [9.17, 15) is 9.59 Å². The molecule has 2 rings (SSSR count). The van der Waals surface area contributed by atoms with Gasteiger partial charge in [-0.1, -0.05) is 32.9 Å². The average Bonchev–Trinajstić information content (AvgIpc) is 3.22. The fourth-order valence-corrected chi connectivity index (χ4v) is 2.22. The third-order valence-corrected chi connectivity index (χ3v) is 4.13. The molecule has 21 heavy (non-hydrogen) atoms. The van der Waals surface area contributed by atoms with Crippen molar-refractivity contribution in [2.75, 3.05) is 11.9 Å². The van der Waals surface area contributed by atoms with E-state index in [1.165, 1.54) is 5.56 Å². The fourth-order valence-electron chi connectivity index (χ4n) is 2.22. The minimum absolute atomic E-state index is 0.00684. The summed E-state index contributed by atoms with van der Waals surface area (Å²) in [5.41, 5.74) is 1.98. The van der Waals surface area contributed by atoms with Crippen LogP contribution >= 0.6 is 0 Å². The van der Waals surface area contributed by atoms with Gasteiger partial charge in [0, 0.05) is 5.69 Å².